The van der Waals surface area contributed by atoms with Crippen LogP contribution < -0.4 is 10.2 Å². The molecule has 28 heavy (non-hydrogen) atoms. The van der Waals surface area contributed by atoms with E-state index in [-0.39, 0.29) is 11.4 Å². The SMILES string of the molecule is O=C(NCC1(N2CCOCC2)CCCCC1)c1cccnc1N1CCOCC1. The van der Waals surface area contributed by atoms with E-state index in [1.165, 1.54) is 19.3 Å². The van der Waals surface area contributed by atoms with Gasteiger partial charge in [0.15, 0.2) is 0 Å². The molecule has 154 valence electrons. The van der Waals surface area contributed by atoms with Crippen molar-refractivity contribution < 1.29 is 14.3 Å². The van der Waals surface area contributed by atoms with Crippen molar-refractivity contribution in [3.63, 3.8) is 0 Å². The molecule has 3 aliphatic rings. The first-order valence-electron chi connectivity index (χ1n) is 10.7. The van der Waals surface area contributed by atoms with Crippen molar-refractivity contribution in [2.24, 2.45) is 0 Å². The fourth-order valence-corrected chi connectivity index (χ4v) is 4.79. The highest BCUT2D eigenvalue weighted by Gasteiger charge is 2.39. The second-order valence-corrected chi connectivity index (χ2v) is 8.04. The normalized spacial score (nSPS) is 23.4. The van der Waals surface area contributed by atoms with Crippen LogP contribution in [0.5, 0.6) is 0 Å². The molecule has 1 aromatic rings. The molecule has 3 fully saturated rings. The van der Waals surface area contributed by atoms with Gasteiger partial charge in [0, 0.05) is 44.5 Å². The summed E-state index contributed by atoms with van der Waals surface area (Å²) < 4.78 is 11.0. The van der Waals surface area contributed by atoms with Gasteiger partial charge in [0.25, 0.3) is 5.91 Å². The van der Waals surface area contributed by atoms with Crippen molar-refractivity contribution in [2.75, 3.05) is 64.1 Å². The Morgan fingerprint density at radius 1 is 1.04 bits per heavy atom. The van der Waals surface area contributed by atoms with E-state index in [0.717, 1.165) is 58.1 Å². The minimum absolute atomic E-state index is 0.0206. The molecule has 1 saturated carbocycles. The number of anilines is 1. The Kier molecular flexibility index (Phi) is 6.44. The molecule has 4 rings (SSSR count). The summed E-state index contributed by atoms with van der Waals surface area (Å²) in [6, 6.07) is 3.73. The van der Waals surface area contributed by atoms with Gasteiger partial charge in [-0.25, -0.2) is 4.98 Å². The number of pyridine rings is 1. The first-order valence-corrected chi connectivity index (χ1v) is 10.7. The Hall–Kier alpha value is -1.70. The molecule has 0 aromatic carbocycles. The minimum Gasteiger partial charge on any atom is -0.379 e. The first-order chi connectivity index (χ1) is 13.8. The third-order valence-electron chi connectivity index (χ3n) is 6.39. The Bertz CT molecular complexity index is 651. The summed E-state index contributed by atoms with van der Waals surface area (Å²) in [5.41, 5.74) is 0.733. The van der Waals surface area contributed by atoms with E-state index in [9.17, 15) is 4.79 Å². The zero-order valence-corrected chi connectivity index (χ0v) is 16.7. The fourth-order valence-electron chi connectivity index (χ4n) is 4.79. The Morgan fingerprint density at radius 3 is 2.43 bits per heavy atom. The number of amides is 1. The molecule has 1 aliphatic carbocycles. The molecule has 0 unspecified atom stereocenters. The minimum atomic E-state index is -0.0206. The van der Waals surface area contributed by atoms with E-state index in [2.05, 4.69) is 20.1 Å². The molecule has 0 radical (unpaired) electrons. The molecule has 2 saturated heterocycles. The van der Waals surface area contributed by atoms with E-state index in [1.54, 1.807) is 6.20 Å². The molecular weight excluding hydrogens is 356 g/mol. The average molecular weight is 389 g/mol. The van der Waals surface area contributed by atoms with Gasteiger partial charge in [0.2, 0.25) is 0 Å². The molecule has 3 heterocycles. The monoisotopic (exact) mass is 388 g/mol. The summed E-state index contributed by atoms with van der Waals surface area (Å²) in [6.45, 7) is 7.10. The van der Waals surface area contributed by atoms with Crippen LogP contribution in [0.25, 0.3) is 0 Å². The molecule has 1 aromatic heterocycles. The molecule has 7 nitrogen and oxygen atoms in total. The Balaban J connectivity index is 1.46. The lowest BCUT2D eigenvalue weighted by Crippen LogP contribution is -2.59. The maximum atomic E-state index is 13.1. The van der Waals surface area contributed by atoms with Crippen LogP contribution in [0.4, 0.5) is 5.82 Å². The van der Waals surface area contributed by atoms with Gasteiger partial charge in [-0.3, -0.25) is 9.69 Å². The summed E-state index contributed by atoms with van der Waals surface area (Å²) in [7, 11) is 0. The van der Waals surface area contributed by atoms with Crippen LogP contribution in [0.1, 0.15) is 42.5 Å². The molecule has 7 heteroatoms. The van der Waals surface area contributed by atoms with E-state index in [1.807, 2.05) is 12.1 Å². The second kappa shape index (κ2) is 9.20. The average Bonchev–Trinajstić information content (AvgIpc) is 2.79. The number of nitrogens with zero attached hydrogens (tertiary/aromatic N) is 3. The molecule has 2 aliphatic heterocycles. The molecule has 1 amide bonds. The third kappa shape index (κ3) is 4.31. The number of hydrogen-bond donors (Lipinski definition) is 1. The van der Waals surface area contributed by atoms with Gasteiger partial charge in [-0.15, -0.1) is 0 Å². The number of hydrogen-bond acceptors (Lipinski definition) is 6. The number of carbonyl (C=O) groups excluding carboxylic acids is 1. The van der Waals surface area contributed by atoms with Crippen molar-refractivity contribution >= 4 is 11.7 Å². The molecule has 0 bridgehead atoms. The Morgan fingerprint density at radius 2 is 1.71 bits per heavy atom. The standard InChI is InChI=1S/C21H32N4O3/c26-20(18-5-4-8-22-19(18)24-9-13-27-14-10-24)23-17-21(6-2-1-3-7-21)25-11-15-28-16-12-25/h4-5,8H,1-3,6-7,9-17H2,(H,23,26). The van der Waals surface area contributed by atoms with Crippen LogP contribution in [0.15, 0.2) is 18.3 Å². The number of ether oxygens (including phenoxy) is 2. The first kappa shape index (κ1) is 19.6. The van der Waals surface area contributed by atoms with Crippen molar-refractivity contribution in [2.45, 2.75) is 37.6 Å². The predicted molar refractivity (Wildman–Crippen MR) is 108 cm³/mol. The van der Waals surface area contributed by atoms with Crippen LogP contribution in [0.3, 0.4) is 0 Å². The maximum Gasteiger partial charge on any atom is 0.255 e. The molecule has 0 atom stereocenters. The number of morpholine rings is 2. The zero-order valence-electron chi connectivity index (χ0n) is 16.7. The van der Waals surface area contributed by atoms with Gasteiger partial charge in [0.05, 0.1) is 32.0 Å². The lowest BCUT2D eigenvalue weighted by Gasteiger charge is -2.48. The number of nitrogens with one attached hydrogen (secondary N) is 1. The summed E-state index contributed by atoms with van der Waals surface area (Å²) in [5.74, 6) is 0.750. The van der Waals surface area contributed by atoms with E-state index in [0.29, 0.717) is 25.3 Å². The summed E-state index contributed by atoms with van der Waals surface area (Å²) in [5, 5.41) is 3.27. The van der Waals surface area contributed by atoms with Crippen LogP contribution >= 0.6 is 0 Å². The number of carbonyl (C=O) groups is 1. The van der Waals surface area contributed by atoms with Crippen LogP contribution in [-0.4, -0.2) is 80.5 Å². The lowest BCUT2D eigenvalue weighted by atomic mass is 9.79. The van der Waals surface area contributed by atoms with E-state index >= 15 is 0 Å². The molecule has 1 N–H and O–H groups in total. The zero-order chi connectivity index (χ0) is 19.2. The van der Waals surface area contributed by atoms with Gasteiger partial charge in [-0.2, -0.15) is 0 Å². The van der Waals surface area contributed by atoms with Crippen molar-refractivity contribution in [3.8, 4) is 0 Å². The second-order valence-electron chi connectivity index (χ2n) is 8.04. The van der Waals surface area contributed by atoms with Crippen LogP contribution in [0, 0.1) is 0 Å². The fraction of sp³-hybridized carbons (Fsp3) is 0.714. The predicted octanol–water partition coefficient (Wildman–Crippen LogP) is 1.68. The lowest BCUT2D eigenvalue weighted by molar-refractivity contribution is -0.0361. The van der Waals surface area contributed by atoms with Gasteiger partial charge >= 0.3 is 0 Å². The van der Waals surface area contributed by atoms with Crippen LogP contribution in [0.2, 0.25) is 0 Å². The van der Waals surface area contributed by atoms with E-state index in [4.69, 9.17) is 9.47 Å². The number of aromatic nitrogens is 1. The number of rotatable bonds is 5. The van der Waals surface area contributed by atoms with Crippen LogP contribution in [-0.2, 0) is 9.47 Å². The highest BCUT2D eigenvalue weighted by Crippen LogP contribution is 2.34. The van der Waals surface area contributed by atoms with Gasteiger partial charge < -0.3 is 19.7 Å². The summed E-state index contributed by atoms with van der Waals surface area (Å²) in [4.78, 5) is 22.3. The highest BCUT2D eigenvalue weighted by molar-refractivity contribution is 5.98. The quantitative estimate of drug-likeness (QED) is 0.828. The summed E-state index contributed by atoms with van der Waals surface area (Å²) in [6.07, 6.45) is 7.83. The van der Waals surface area contributed by atoms with Gasteiger partial charge in [-0.1, -0.05) is 19.3 Å². The summed E-state index contributed by atoms with van der Waals surface area (Å²) >= 11 is 0. The van der Waals surface area contributed by atoms with Crippen molar-refractivity contribution in [3.05, 3.63) is 23.9 Å². The van der Waals surface area contributed by atoms with Crippen molar-refractivity contribution in [1.82, 2.24) is 15.2 Å². The third-order valence-corrected chi connectivity index (χ3v) is 6.39. The topological polar surface area (TPSA) is 66.9 Å². The molecular formula is C21H32N4O3. The maximum absolute atomic E-state index is 13.1. The van der Waals surface area contributed by atoms with E-state index < -0.39 is 0 Å². The highest BCUT2D eigenvalue weighted by atomic mass is 16.5. The molecule has 0 spiro atoms. The van der Waals surface area contributed by atoms with Crippen molar-refractivity contribution in [1.29, 1.82) is 0 Å². The smallest absolute Gasteiger partial charge is 0.255 e. The largest absolute Gasteiger partial charge is 0.379 e. The van der Waals surface area contributed by atoms with Gasteiger partial charge in [0.1, 0.15) is 5.82 Å². The Labute approximate surface area is 167 Å². The van der Waals surface area contributed by atoms with Gasteiger partial charge in [-0.05, 0) is 25.0 Å².